The lowest BCUT2D eigenvalue weighted by atomic mass is 10.1. The van der Waals surface area contributed by atoms with Gasteiger partial charge in [0.05, 0.1) is 11.0 Å². The van der Waals surface area contributed by atoms with Crippen LogP contribution in [0.4, 0.5) is 22.0 Å². The van der Waals surface area contributed by atoms with Crippen LogP contribution in [0.1, 0.15) is 11.6 Å². The van der Waals surface area contributed by atoms with Gasteiger partial charge in [0.1, 0.15) is 5.82 Å². The van der Waals surface area contributed by atoms with Gasteiger partial charge in [-0.1, -0.05) is 36.4 Å². The van der Waals surface area contributed by atoms with Gasteiger partial charge in [0.15, 0.2) is 11.5 Å². The summed E-state index contributed by atoms with van der Waals surface area (Å²) in [6, 6.07) is 13.7. The Labute approximate surface area is 164 Å². The van der Waals surface area contributed by atoms with E-state index in [1.807, 2.05) is 0 Å². The molecule has 11 heteroatoms. The van der Waals surface area contributed by atoms with E-state index in [1.54, 1.807) is 60.0 Å². The van der Waals surface area contributed by atoms with E-state index in [4.69, 9.17) is 0 Å². The van der Waals surface area contributed by atoms with E-state index >= 15 is 0 Å². The zero-order valence-electron chi connectivity index (χ0n) is 15.2. The van der Waals surface area contributed by atoms with E-state index in [2.05, 4.69) is 20.3 Å². The lowest BCUT2D eigenvalue weighted by molar-refractivity contribution is -0.293. The molecule has 0 aliphatic carbocycles. The second-order valence-electron chi connectivity index (χ2n) is 6.68. The Morgan fingerprint density at radius 2 is 1.50 bits per heavy atom. The van der Waals surface area contributed by atoms with Crippen LogP contribution in [0.2, 0.25) is 0 Å². The van der Waals surface area contributed by atoms with Crippen molar-refractivity contribution in [2.75, 3.05) is 0 Å². The van der Waals surface area contributed by atoms with Crippen LogP contribution in [-0.4, -0.2) is 35.5 Å². The smallest absolute Gasteiger partial charge is 0.279 e. The number of alkyl halides is 5. The maximum Gasteiger partial charge on any atom is 0.461 e. The molecule has 0 saturated heterocycles. The van der Waals surface area contributed by atoms with Crippen molar-refractivity contribution in [1.82, 2.24) is 29.4 Å². The van der Waals surface area contributed by atoms with Gasteiger partial charge in [-0.2, -0.15) is 26.5 Å². The predicted molar refractivity (Wildman–Crippen MR) is 97.6 cm³/mol. The molecule has 0 fully saturated rings. The molecule has 0 aliphatic rings. The molecule has 30 heavy (non-hydrogen) atoms. The second-order valence-corrected chi connectivity index (χ2v) is 6.68. The summed E-state index contributed by atoms with van der Waals surface area (Å²) in [5.41, 5.74) is 1.06. The Morgan fingerprint density at radius 3 is 2.23 bits per heavy atom. The fourth-order valence-corrected chi connectivity index (χ4v) is 3.47. The fourth-order valence-electron chi connectivity index (χ4n) is 3.47. The third-order valence-electron chi connectivity index (χ3n) is 4.82. The van der Waals surface area contributed by atoms with Gasteiger partial charge in [0, 0.05) is 10.8 Å². The van der Waals surface area contributed by atoms with Crippen LogP contribution in [-0.2, 0) is 5.92 Å². The summed E-state index contributed by atoms with van der Waals surface area (Å²) in [5, 5.41) is 11.7. The van der Waals surface area contributed by atoms with E-state index in [0.29, 0.717) is 32.1 Å². The van der Waals surface area contributed by atoms with Crippen LogP contribution >= 0.6 is 0 Å². The molecule has 0 saturated carbocycles. The summed E-state index contributed by atoms with van der Waals surface area (Å²) in [6.45, 7) is 1.69. The Bertz CT molecular complexity index is 1430. The summed E-state index contributed by atoms with van der Waals surface area (Å²) >= 11 is 0. The maximum absolute atomic E-state index is 14.1. The molecule has 152 valence electrons. The van der Waals surface area contributed by atoms with Gasteiger partial charge in [0.25, 0.3) is 0 Å². The van der Waals surface area contributed by atoms with Crippen molar-refractivity contribution in [2.45, 2.75) is 19.0 Å². The predicted octanol–water partition coefficient (Wildman–Crippen LogP) is 4.58. The second kappa shape index (κ2) is 5.94. The number of fused-ring (bicyclic) bond motifs is 4. The Kier molecular flexibility index (Phi) is 3.64. The molecular weight excluding hydrogens is 407 g/mol. The highest BCUT2D eigenvalue weighted by atomic mass is 19.4. The molecule has 2 aromatic carbocycles. The van der Waals surface area contributed by atoms with Crippen LogP contribution in [0.3, 0.4) is 0 Å². The van der Waals surface area contributed by atoms with Crippen LogP contribution in [0.5, 0.6) is 0 Å². The normalized spacial score (nSPS) is 13.0. The number of aryl methyl sites for hydroxylation is 1. The van der Waals surface area contributed by atoms with E-state index in [0.717, 1.165) is 0 Å². The highest BCUT2D eigenvalue weighted by molar-refractivity contribution is 5.98. The Morgan fingerprint density at radius 1 is 0.833 bits per heavy atom. The maximum atomic E-state index is 14.1. The third kappa shape index (κ3) is 2.41. The molecule has 6 nitrogen and oxygen atoms in total. The van der Waals surface area contributed by atoms with Crippen molar-refractivity contribution in [3.63, 3.8) is 0 Å². The summed E-state index contributed by atoms with van der Waals surface area (Å²) in [4.78, 5) is 4.43. The van der Waals surface area contributed by atoms with Gasteiger partial charge in [-0.05, 0) is 19.1 Å². The number of halogens is 5. The minimum Gasteiger partial charge on any atom is -0.279 e. The van der Waals surface area contributed by atoms with Gasteiger partial charge in [-0.25, -0.2) is 4.98 Å². The molecule has 0 amide bonds. The van der Waals surface area contributed by atoms with Crippen molar-refractivity contribution in [1.29, 1.82) is 0 Å². The molecule has 5 aromatic rings. The highest BCUT2D eigenvalue weighted by Crippen LogP contribution is 2.43. The molecule has 3 heterocycles. The molecular formula is C19H11F5N6. The quantitative estimate of drug-likeness (QED) is 0.394. The third-order valence-corrected chi connectivity index (χ3v) is 4.82. The van der Waals surface area contributed by atoms with E-state index in [1.165, 1.54) is 0 Å². The first kappa shape index (κ1) is 18.4. The minimum absolute atomic E-state index is 0.142. The molecule has 3 aromatic heterocycles. The van der Waals surface area contributed by atoms with E-state index in [9.17, 15) is 22.0 Å². The van der Waals surface area contributed by atoms with Crippen LogP contribution in [0.15, 0.2) is 48.5 Å². The lowest BCUT2D eigenvalue weighted by Gasteiger charge is -2.18. The number of hydrogen-bond donors (Lipinski definition) is 0. The number of hydrogen-bond acceptors (Lipinski definition) is 4. The summed E-state index contributed by atoms with van der Waals surface area (Å²) < 4.78 is 69.3. The molecule has 0 spiro atoms. The molecule has 5 rings (SSSR count). The topological polar surface area (TPSA) is 60.9 Å². The largest absolute Gasteiger partial charge is 0.461 e. The number of aromatic nitrogens is 6. The Balaban J connectivity index is 1.93. The average Bonchev–Trinajstić information content (AvgIpc) is 3.27. The van der Waals surface area contributed by atoms with Gasteiger partial charge in [0.2, 0.25) is 5.82 Å². The molecule has 0 aliphatic heterocycles. The summed E-state index contributed by atoms with van der Waals surface area (Å²) in [5.74, 6) is -6.20. The van der Waals surface area contributed by atoms with Crippen LogP contribution in [0.25, 0.3) is 33.3 Å². The number of rotatable bonds is 2. The SMILES string of the molecule is Cc1nc2ccccc2n1-c1nn2c(C(F)(F)C(F)(F)F)nnc2c2ccccc12. The molecule has 0 unspecified atom stereocenters. The van der Waals surface area contributed by atoms with Gasteiger partial charge in [-0.3, -0.25) is 4.57 Å². The molecule has 0 atom stereocenters. The van der Waals surface area contributed by atoms with Crippen molar-refractivity contribution in [2.24, 2.45) is 0 Å². The molecule has 0 N–H and O–H groups in total. The van der Waals surface area contributed by atoms with Crippen molar-refractivity contribution in [3.05, 3.63) is 60.2 Å². The van der Waals surface area contributed by atoms with Gasteiger partial charge in [-0.15, -0.1) is 15.3 Å². The number of nitrogens with zero attached hydrogens (tertiary/aromatic N) is 6. The van der Waals surface area contributed by atoms with Crippen LogP contribution in [0, 0.1) is 6.92 Å². The standard InChI is InChI=1S/C19H11F5N6/c1-10-25-13-8-4-5-9-14(13)29(10)16-12-7-3-2-6-11(12)15-26-27-17(30(15)28-16)18(20,21)19(22,23)24/h2-9H,1H3. The molecule has 0 bridgehead atoms. The average molecular weight is 418 g/mol. The summed E-state index contributed by atoms with van der Waals surface area (Å²) in [6.07, 6.45) is -5.85. The van der Waals surface area contributed by atoms with Crippen LogP contribution < -0.4 is 0 Å². The first-order valence-corrected chi connectivity index (χ1v) is 8.74. The monoisotopic (exact) mass is 418 g/mol. The lowest BCUT2D eigenvalue weighted by Crippen LogP contribution is -2.36. The first-order chi connectivity index (χ1) is 14.2. The van der Waals surface area contributed by atoms with Crippen molar-refractivity contribution >= 4 is 27.5 Å². The Hall–Kier alpha value is -3.63. The molecule has 0 radical (unpaired) electrons. The van der Waals surface area contributed by atoms with E-state index < -0.39 is 17.9 Å². The van der Waals surface area contributed by atoms with Gasteiger partial charge >= 0.3 is 12.1 Å². The highest BCUT2D eigenvalue weighted by Gasteiger charge is 2.62. The zero-order chi connectivity index (χ0) is 21.3. The number of benzene rings is 2. The fraction of sp³-hybridized carbons (Fsp3) is 0.158. The van der Waals surface area contributed by atoms with E-state index in [-0.39, 0.29) is 11.5 Å². The minimum atomic E-state index is -5.85. The van der Waals surface area contributed by atoms with Crippen molar-refractivity contribution in [3.8, 4) is 5.82 Å². The van der Waals surface area contributed by atoms with Crippen molar-refractivity contribution < 1.29 is 22.0 Å². The first-order valence-electron chi connectivity index (χ1n) is 8.74. The number of imidazole rings is 1. The van der Waals surface area contributed by atoms with Gasteiger partial charge < -0.3 is 0 Å². The number of para-hydroxylation sites is 2. The zero-order valence-corrected chi connectivity index (χ0v) is 15.2. The summed E-state index contributed by atoms with van der Waals surface area (Å²) in [7, 11) is 0.